The summed E-state index contributed by atoms with van der Waals surface area (Å²) in [5, 5.41) is 3.53. The van der Waals surface area contributed by atoms with E-state index in [-0.39, 0.29) is 0 Å². The van der Waals surface area contributed by atoms with E-state index in [1.807, 2.05) is 30.3 Å². The quantitative estimate of drug-likeness (QED) is 0.612. The van der Waals surface area contributed by atoms with Crippen LogP contribution in [0.25, 0.3) is 0 Å². The van der Waals surface area contributed by atoms with E-state index in [4.69, 9.17) is 14.2 Å². The number of benzene rings is 2. The fraction of sp³-hybridized carbons (Fsp3) is 0.429. The normalized spacial score (nSPS) is 14.9. The molecule has 0 saturated carbocycles. The van der Waals surface area contributed by atoms with E-state index in [1.54, 1.807) is 7.11 Å². The Morgan fingerprint density at radius 1 is 1.11 bits per heavy atom. The molecule has 1 heterocycles. The second-order valence-electron chi connectivity index (χ2n) is 6.46. The SMILES string of the molecule is COc1ccc(Br)c(CNCCN2CCOCC2)c1OCc1ccccc1. The number of rotatable bonds is 9. The van der Waals surface area contributed by atoms with Crippen LogP contribution in [0.3, 0.4) is 0 Å². The molecule has 0 bridgehead atoms. The molecule has 3 rings (SSSR count). The topological polar surface area (TPSA) is 43.0 Å². The summed E-state index contributed by atoms with van der Waals surface area (Å²) >= 11 is 3.66. The van der Waals surface area contributed by atoms with Crippen molar-refractivity contribution in [2.24, 2.45) is 0 Å². The molecule has 0 unspecified atom stereocenters. The molecule has 2 aromatic rings. The van der Waals surface area contributed by atoms with E-state index >= 15 is 0 Å². The molecule has 0 radical (unpaired) electrons. The van der Waals surface area contributed by atoms with Crippen LogP contribution in [0.5, 0.6) is 11.5 Å². The third-order valence-electron chi connectivity index (χ3n) is 4.62. The molecule has 146 valence electrons. The van der Waals surface area contributed by atoms with E-state index < -0.39 is 0 Å². The number of ether oxygens (including phenoxy) is 3. The van der Waals surface area contributed by atoms with Gasteiger partial charge in [0.15, 0.2) is 11.5 Å². The highest BCUT2D eigenvalue weighted by molar-refractivity contribution is 9.10. The molecular formula is C21H27BrN2O3. The van der Waals surface area contributed by atoms with Crippen LogP contribution in [0.1, 0.15) is 11.1 Å². The van der Waals surface area contributed by atoms with Crippen molar-refractivity contribution in [3.05, 3.63) is 58.1 Å². The van der Waals surface area contributed by atoms with Gasteiger partial charge >= 0.3 is 0 Å². The van der Waals surface area contributed by atoms with Crippen molar-refractivity contribution in [1.82, 2.24) is 10.2 Å². The minimum absolute atomic E-state index is 0.508. The Morgan fingerprint density at radius 3 is 2.63 bits per heavy atom. The second-order valence-corrected chi connectivity index (χ2v) is 7.32. The maximum absolute atomic E-state index is 6.15. The van der Waals surface area contributed by atoms with Gasteiger partial charge in [0.1, 0.15) is 6.61 Å². The van der Waals surface area contributed by atoms with Gasteiger partial charge in [-0.2, -0.15) is 0 Å². The van der Waals surface area contributed by atoms with Gasteiger partial charge in [-0.25, -0.2) is 0 Å². The number of morpholine rings is 1. The van der Waals surface area contributed by atoms with Gasteiger partial charge in [-0.05, 0) is 17.7 Å². The predicted molar refractivity (Wildman–Crippen MR) is 110 cm³/mol. The monoisotopic (exact) mass is 434 g/mol. The second kappa shape index (κ2) is 10.7. The van der Waals surface area contributed by atoms with Gasteiger partial charge in [0.05, 0.1) is 20.3 Å². The molecule has 1 fully saturated rings. The highest BCUT2D eigenvalue weighted by Crippen LogP contribution is 2.36. The molecule has 0 aromatic heterocycles. The van der Waals surface area contributed by atoms with Crippen molar-refractivity contribution in [3.63, 3.8) is 0 Å². The Kier molecular flexibility index (Phi) is 7.95. The van der Waals surface area contributed by atoms with Gasteiger partial charge < -0.3 is 19.5 Å². The zero-order chi connectivity index (χ0) is 18.9. The molecule has 0 amide bonds. The molecule has 0 spiro atoms. The first-order valence-corrected chi connectivity index (χ1v) is 10.1. The molecule has 1 saturated heterocycles. The molecule has 5 nitrogen and oxygen atoms in total. The average molecular weight is 435 g/mol. The zero-order valence-electron chi connectivity index (χ0n) is 15.7. The molecule has 1 aliphatic heterocycles. The standard InChI is InChI=1S/C21H27BrN2O3/c1-25-20-8-7-19(22)18(15-23-9-10-24-11-13-26-14-12-24)21(20)27-16-17-5-3-2-4-6-17/h2-8,23H,9-16H2,1H3. The minimum Gasteiger partial charge on any atom is -0.493 e. The number of halogens is 1. The largest absolute Gasteiger partial charge is 0.493 e. The molecule has 6 heteroatoms. The zero-order valence-corrected chi connectivity index (χ0v) is 17.3. The lowest BCUT2D eigenvalue weighted by Crippen LogP contribution is -2.40. The summed E-state index contributed by atoms with van der Waals surface area (Å²) in [7, 11) is 1.67. The van der Waals surface area contributed by atoms with Crippen molar-refractivity contribution in [2.45, 2.75) is 13.2 Å². The van der Waals surface area contributed by atoms with Crippen molar-refractivity contribution in [1.29, 1.82) is 0 Å². The molecule has 1 aliphatic rings. The first-order valence-electron chi connectivity index (χ1n) is 9.31. The summed E-state index contributed by atoms with van der Waals surface area (Å²) in [4.78, 5) is 2.42. The van der Waals surface area contributed by atoms with Gasteiger partial charge in [0, 0.05) is 42.8 Å². The Morgan fingerprint density at radius 2 is 1.89 bits per heavy atom. The summed E-state index contributed by atoms with van der Waals surface area (Å²) in [6.07, 6.45) is 0. The van der Waals surface area contributed by atoms with Crippen LogP contribution in [0.2, 0.25) is 0 Å². The van der Waals surface area contributed by atoms with Crippen molar-refractivity contribution < 1.29 is 14.2 Å². The van der Waals surface area contributed by atoms with Crippen molar-refractivity contribution >= 4 is 15.9 Å². The predicted octanol–water partition coefficient (Wildman–Crippen LogP) is 3.46. The van der Waals surface area contributed by atoms with Crippen LogP contribution in [-0.4, -0.2) is 51.4 Å². The van der Waals surface area contributed by atoms with Gasteiger partial charge in [0.25, 0.3) is 0 Å². The van der Waals surface area contributed by atoms with E-state index in [0.29, 0.717) is 13.2 Å². The smallest absolute Gasteiger partial charge is 0.167 e. The lowest BCUT2D eigenvalue weighted by Gasteiger charge is -2.26. The van der Waals surface area contributed by atoms with Crippen molar-refractivity contribution in [2.75, 3.05) is 46.5 Å². The summed E-state index contributed by atoms with van der Waals surface area (Å²) in [6, 6.07) is 14.1. The highest BCUT2D eigenvalue weighted by atomic mass is 79.9. The van der Waals surface area contributed by atoms with E-state index in [0.717, 1.165) is 66.5 Å². The van der Waals surface area contributed by atoms with Crippen LogP contribution in [0, 0.1) is 0 Å². The summed E-state index contributed by atoms with van der Waals surface area (Å²) in [5.41, 5.74) is 2.21. The van der Waals surface area contributed by atoms with Gasteiger partial charge in [-0.3, -0.25) is 4.90 Å². The van der Waals surface area contributed by atoms with Gasteiger partial charge in [0.2, 0.25) is 0 Å². The fourth-order valence-corrected chi connectivity index (χ4v) is 3.52. The fourth-order valence-electron chi connectivity index (χ4n) is 3.07. The molecule has 2 aromatic carbocycles. The maximum atomic E-state index is 6.15. The van der Waals surface area contributed by atoms with Gasteiger partial charge in [-0.1, -0.05) is 46.3 Å². The maximum Gasteiger partial charge on any atom is 0.167 e. The van der Waals surface area contributed by atoms with Crippen LogP contribution >= 0.6 is 15.9 Å². The molecule has 0 atom stereocenters. The lowest BCUT2D eigenvalue weighted by atomic mass is 10.1. The minimum atomic E-state index is 0.508. The van der Waals surface area contributed by atoms with E-state index in [1.165, 1.54) is 0 Å². The Hall–Kier alpha value is -1.60. The Bertz CT molecular complexity index is 706. The van der Waals surface area contributed by atoms with Crippen LogP contribution in [0.4, 0.5) is 0 Å². The summed E-state index contributed by atoms with van der Waals surface area (Å²) in [6.45, 7) is 6.84. The number of nitrogens with one attached hydrogen (secondary N) is 1. The van der Waals surface area contributed by atoms with Crippen LogP contribution in [-0.2, 0) is 17.9 Å². The number of hydrogen-bond acceptors (Lipinski definition) is 5. The summed E-state index contributed by atoms with van der Waals surface area (Å²) < 4.78 is 18.1. The Labute approximate surface area is 169 Å². The van der Waals surface area contributed by atoms with Crippen molar-refractivity contribution in [3.8, 4) is 11.5 Å². The molecular weight excluding hydrogens is 408 g/mol. The van der Waals surface area contributed by atoms with E-state index in [2.05, 4.69) is 38.3 Å². The lowest BCUT2D eigenvalue weighted by molar-refractivity contribution is 0.0384. The molecule has 27 heavy (non-hydrogen) atoms. The first-order chi connectivity index (χ1) is 13.3. The van der Waals surface area contributed by atoms with E-state index in [9.17, 15) is 0 Å². The average Bonchev–Trinajstić information content (AvgIpc) is 2.72. The number of methoxy groups -OCH3 is 1. The third kappa shape index (κ3) is 5.94. The van der Waals surface area contributed by atoms with Crippen LogP contribution < -0.4 is 14.8 Å². The first kappa shape index (κ1) is 20.1. The summed E-state index contributed by atoms with van der Waals surface area (Å²) in [5.74, 6) is 1.54. The molecule has 0 aliphatic carbocycles. The Balaban J connectivity index is 1.61. The third-order valence-corrected chi connectivity index (χ3v) is 5.37. The molecule has 1 N–H and O–H groups in total. The highest BCUT2D eigenvalue weighted by Gasteiger charge is 2.15. The number of nitrogens with zero attached hydrogens (tertiary/aromatic N) is 1. The number of hydrogen-bond donors (Lipinski definition) is 1. The van der Waals surface area contributed by atoms with Gasteiger partial charge in [-0.15, -0.1) is 0 Å². The van der Waals surface area contributed by atoms with Crippen LogP contribution in [0.15, 0.2) is 46.9 Å².